The van der Waals surface area contributed by atoms with Gasteiger partial charge in [-0.05, 0) is 67.3 Å². The first-order valence-electron chi connectivity index (χ1n) is 12.9. The van der Waals surface area contributed by atoms with E-state index in [-0.39, 0.29) is 29.7 Å². The number of nitrogens with zero attached hydrogens (tertiary/aromatic N) is 2. The Morgan fingerprint density at radius 3 is 2.48 bits per heavy atom. The molecule has 2 N–H and O–H groups in total. The topological polar surface area (TPSA) is 117 Å². The maximum absolute atomic E-state index is 14.2. The van der Waals surface area contributed by atoms with Gasteiger partial charge in [-0.3, -0.25) is 14.6 Å². The number of carbonyl (C=O) groups is 2. The molecule has 2 aromatic carbocycles. The zero-order chi connectivity index (χ0) is 29.1. The summed E-state index contributed by atoms with van der Waals surface area (Å²) in [4.78, 5) is 31.7. The number of carbonyl (C=O) groups excluding carboxylic acids is 1. The molecule has 0 unspecified atom stereocenters. The first kappa shape index (κ1) is 30.0. The molecule has 8 nitrogen and oxygen atoms in total. The Labute approximate surface area is 244 Å². The van der Waals surface area contributed by atoms with E-state index in [1.54, 1.807) is 36.1 Å². The van der Waals surface area contributed by atoms with Crippen molar-refractivity contribution in [2.75, 3.05) is 6.54 Å². The molecule has 2 heterocycles. The van der Waals surface area contributed by atoms with Crippen molar-refractivity contribution in [3.8, 4) is 0 Å². The van der Waals surface area contributed by atoms with E-state index in [4.69, 9.17) is 23.2 Å². The van der Waals surface area contributed by atoms with Crippen molar-refractivity contribution >= 4 is 45.1 Å². The smallest absolute Gasteiger partial charge is 0.304 e. The zero-order valence-electron chi connectivity index (χ0n) is 22.1. The molecule has 0 radical (unpaired) electrons. The van der Waals surface area contributed by atoms with Crippen LogP contribution in [-0.4, -0.2) is 47.9 Å². The standard InChI is InChI=1S/C29H31Cl2N3O5S/c1-19(12-14-33-40(38,39)24-7-4-13-32-18-24)34-27(20-8-10-22(30)11-9-20)25(21-5-3-6-23(31)15-21)16-29(2,28(34)37)17-26(35)36/h3-11,13,15,18-19,25,27,33H,12,14,16-17H2,1-2H3,(H,35,36)/t19-,25+,27+,29+/m0/s1. The second-order valence-electron chi connectivity index (χ2n) is 10.4. The molecule has 212 valence electrons. The van der Waals surface area contributed by atoms with Gasteiger partial charge in [-0.1, -0.05) is 54.4 Å². The van der Waals surface area contributed by atoms with Crippen molar-refractivity contribution in [3.05, 3.63) is 94.2 Å². The number of sulfonamides is 1. The molecule has 40 heavy (non-hydrogen) atoms. The van der Waals surface area contributed by atoms with Crippen molar-refractivity contribution < 1.29 is 23.1 Å². The van der Waals surface area contributed by atoms with Crippen molar-refractivity contribution in [3.63, 3.8) is 0 Å². The summed E-state index contributed by atoms with van der Waals surface area (Å²) in [6, 6.07) is 16.7. The van der Waals surface area contributed by atoms with Gasteiger partial charge >= 0.3 is 5.97 Å². The summed E-state index contributed by atoms with van der Waals surface area (Å²) in [6.07, 6.45) is 3.00. The van der Waals surface area contributed by atoms with Gasteiger partial charge in [-0.2, -0.15) is 0 Å². The number of benzene rings is 2. The van der Waals surface area contributed by atoms with Gasteiger partial charge in [-0.15, -0.1) is 0 Å². The van der Waals surface area contributed by atoms with Gasteiger partial charge in [0.15, 0.2) is 0 Å². The molecule has 4 atom stereocenters. The number of hydrogen-bond donors (Lipinski definition) is 2. The highest BCUT2D eigenvalue weighted by Gasteiger charge is 2.51. The SMILES string of the molecule is C[C@@H](CCNS(=O)(=O)c1cccnc1)N1C(=O)[C@@](C)(CC(=O)O)C[C@H](c2cccc(Cl)c2)[C@H]1c1ccc(Cl)cc1. The number of aromatic nitrogens is 1. The van der Waals surface area contributed by atoms with E-state index in [2.05, 4.69) is 9.71 Å². The number of halogens is 2. The molecular weight excluding hydrogens is 573 g/mol. The molecule has 0 aliphatic carbocycles. The van der Waals surface area contributed by atoms with E-state index < -0.39 is 33.5 Å². The predicted octanol–water partition coefficient (Wildman–Crippen LogP) is 5.68. The lowest BCUT2D eigenvalue weighted by atomic mass is 9.67. The number of nitrogens with one attached hydrogen (secondary N) is 1. The number of carboxylic acid groups (broad SMARTS) is 1. The first-order valence-corrected chi connectivity index (χ1v) is 15.1. The molecular formula is C29H31Cl2N3O5S. The van der Waals surface area contributed by atoms with Gasteiger partial charge in [0.1, 0.15) is 4.90 Å². The molecule has 1 aromatic heterocycles. The Balaban J connectivity index is 1.72. The largest absolute Gasteiger partial charge is 0.481 e. The normalized spacial score (nSPS) is 22.2. The number of pyridine rings is 1. The van der Waals surface area contributed by atoms with Crippen LogP contribution in [-0.2, 0) is 19.6 Å². The van der Waals surface area contributed by atoms with Gasteiger partial charge in [-0.25, -0.2) is 13.1 Å². The Hall–Kier alpha value is -2.98. The first-order chi connectivity index (χ1) is 18.9. The highest BCUT2D eigenvalue weighted by molar-refractivity contribution is 7.89. The third kappa shape index (κ3) is 6.66. The third-order valence-corrected chi connectivity index (χ3v) is 9.34. The summed E-state index contributed by atoms with van der Waals surface area (Å²) in [5, 5.41) is 10.8. The number of amides is 1. The van der Waals surface area contributed by atoms with Gasteiger partial charge in [0.2, 0.25) is 15.9 Å². The minimum atomic E-state index is -3.79. The van der Waals surface area contributed by atoms with Crippen LogP contribution < -0.4 is 4.72 Å². The maximum Gasteiger partial charge on any atom is 0.304 e. The van der Waals surface area contributed by atoms with Crippen LogP contribution in [0, 0.1) is 5.41 Å². The molecule has 1 saturated heterocycles. The molecule has 4 rings (SSSR count). The molecule has 3 aromatic rings. The second-order valence-corrected chi connectivity index (χ2v) is 13.1. The minimum absolute atomic E-state index is 0.0470. The van der Waals surface area contributed by atoms with Gasteiger partial charge in [0.25, 0.3) is 0 Å². The zero-order valence-corrected chi connectivity index (χ0v) is 24.5. The summed E-state index contributed by atoms with van der Waals surface area (Å²) in [5.74, 6) is -1.64. The molecule has 1 aliphatic heterocycles. The highest BCUT2D eigenvalue weighted by atomic mass is 35.5. The van der Waals surface area contributed by atoms with Gasteiger partial charge < -0.3 is 10.0 Å². The average Bonchev–Trinajstić information content (AvgIpc) is 2.90. The molecule has 1 fully saturated rings. The van der Waals surface area contributed by atoms with Crippen LogP contribution in [0.4, 0.5) is 0 Å². The van der Waals surface area contributed by atoms with E-state index in [0.29, 0.717) is 22.9 Å². The summed E-state index contributed by atoms with van der Waals surface area (Å²) in [5.41, 5.74) is 0.527. The second kappa shape index (κ2) is 12.3. The van der Waals surface area contributed by atoms with E-state index >= 15 is 0 Å². The van der Waals surface area contributed by atoms with E-state index in [1.165, 1.54) is 18.5 Å². The Bertz CT molecular complexity index is 1470. The number of likely N-dealkylation sites (tertiary alicyclic amines) is 1. The summed E-state index contributed by atoms with van der Waals surface area (Å²) < 4.78 is 28.1. The number of piperidine rings is 1. The molecule has 1 aliphatic rings. The predicted molar refractivity (Wildman–Crippen MR) is 154 cm³/mol. The van der Waals surface area contributed by atoms with Crippen LogP contribution in [0.25, 0.3) is 0 Å². The third-order valence-electron chi connectivity index (χ3n) is 7.41. The summed E-state index contributed by atoms with van der Waals surface area (Å²) in [6.45, 7) is 3.59. The Kier molecular flexibility index (Phi) is 9.19. The summed E-state index contributed by atoms with van der Waals surface area (Å²) >= 11 is 12.5. The lowest BCUT2D eigenvalue weighted by Gasteiger charge is -2.51. The quantitative estimate of drug-likeness (QED) is 0.308. The lowest BCUT2D eigenvalue weighted by molar-refractivity contribution is -0.160. The van der Waals surface area contributed by atoms with Crippen LogP contribution in [0.1, 0.15) is 56.2 Å². The molecule has 1 amide bonds. The van der Waals surface area contributed by atoms with E-state index in [1.807, 2.05) is 37.3 Å². The number of hydrogen-bond acceptors (Lipinski definition) is 5. The number of rotatable bonds is 10. The van der Waals surface area contributed by atoms with Crippen LogP contribution in [0.2, 0.25) is 10.0 Å². The van der Waals surface area contributed by atoms with Gasteiger partial charge in [0, 0.05) is 40.9 Å². The number of carboxylic acids is 1. The highest BCUT2D eigenvalue weighted by Crippen LogP contribution is 2.52. The van der Waals surface area contributed by atoms with Crippen molar-refractivity contribution in [1.29, 1.82) is 0 Å². The Morgan fingerprint density at radius 2 is 1.85 bits per heavy atom. The van der Waals surface area contributed by atoms with Crippen molar-refractivity contribution in [1.82, 2.24) is 14.6 Å². The molecule has 0 bridgehead atoms. The van der Waals surface area contributed by atoms with Crippen LogP contribution in [0.15, 0.2) is 78.0 Å². The van der Waals surface area contributed by atoms with Crippen LogP contribution in [0.3, 0.4) is 0 Å². The lowest BCUT2D eigenvalue weighted by Crippen LogP contribution is -2.55. The fourth-order valence-corrected chi connectivity index (χ4v) is 6.83. The fourth-order valence-electron chi connectivity index (χ4n) is 5.49. The van der Waals surface area contributed by atoms with Crippen LogP contribution >= 0.6 is 23.2 Å². The number of aliphatic carboxylic acids is 1. The van der Waals surface area contributed by atoms with E-state index in [9.17, 15) is 23.1 Å². The fraction of sp³-hybridized carbons (Fsp3) is 0.345. The van der Waals surface area contributed by atoms with Crippen molar-refractivity contribution in [2.24, 2.45) is 5.41 Å². The monoisotopic (exact) mass is 603 g/mol. The summed E-state index contributed by atoms with van der Waals surface area (Å²) in [7, 11) is -3.79. The molecule has 0 spiro atoms. The van der Waals surface area contributed by atoms with E-state index in [0.717, 1.165) is 11.1 Å². The average molecular weight is 605 g/mol. The Morgan fingerprint density at radius 1 is 1.12 bits per heavy atom. The molecule has 11 heteroatoms. The molecule has 0 saturated carbocycles. The maximum atomic E-state index is 14.2. The van der Waals surface area contributed by atoms with Crippen LogP contribution in [0.5, 0.6) is 0 Å². The minimum Gasteiger partial charge on any atom is -0.481 e. The van der Waals surface area contributed by atoms with Gasteiger partial charge in [0.05, 0.1) is 17.9 Å². The van der Waals surface area contributed by atoms with Crippen molar-refractivity contribution in [2.45, 2.75) is 56.0 Å².